The van der Waals surface area contributed by atoms with Crippen LogP contribution in [0.25, 0.3) is 0 Å². The van der Waals surface area contributed by atoms with Crippen LogP contribution in [0.15, 0.2) is 6.07 Å². The fraction of sp³-hybridized carbons (Fsp3) is 0.250. The zero-order valence-corrected chi connectivity index (χ0v) is 8.48. The van der Waals surface area contributed by atoms with E-state index in [2.05, 4.69) is 0 Å². The highest BCUT2D eigenvalue weighted by molar-refractivity contribution is 6.48. The van der Waals surface area contributed by atoms with Crippen molar-refractivity contribution in [3.63, 3.8) is 0 Å². The Bertz CT molecular complexity index is 266. The van der Waals surface area contributed by atoms with Gasteiger partial charge < -0.3 is 0 Å². The lowest BCUT2D eigenvalue weighted by molar-refractivity contribution is 1.38. The molecule has 0 saturated carbocycles. The Kier molecular flexibility index (Phi) is 2.69. The van der Waals surface area contributed by atoms with Crippen molar-refractivity contribution in [1.29, 1.82) is 0 Å². The van der Waals surface area contributed by atoms with Gasteiger partial charge in [0.15, 0.2) is 0 Å². The highest BCUT2D eigenvalue weighted by Crippen LogP contribution is 2.34. The molecule has 0 amide bonds. The molecule has 0 heterocycles. The first-order chi connectivity index (χ1) is 5.04. The Balaban J connectivity index is 3.46. The molecule has 60 valence electrons. The number of rotatable bonds is 0. The first kappa shape index (κ1) is 9.18. The van der Waals surface area contributed by atoms with Crippen molar-refractivity contribution in [2.24, 2.45) is 0 Å². The standard InChI is InChI=1S/C8H7Cl3/c1-4-3-5(2)7(10)8(11)6(4)9/h3H,1-2H3. The summed E-state index contributed by atoms with van der Waals surface area (Å²) in [6, 6.07) is 1.91. The van der Waals surface area contributed by atoms with Crippen molar-refractivity contribution >= 4 is 34.8 Å². The molecule has 0 bridgehead atoms. The van der Waals surface area contributed by atoms with Crippen LogP contribution in [0.2, 0.25) is 15.1 Å². The molecular formula is C8H7Cl3. The van der Waals surface area contributed by atoms with E-state index in [1.54, 1.807) is 0 Å². The monoisotopic (exact) mass is 208 g/mol. The molecule has 0 spiro atoms. The minimum Gasteiger partial charge on any atom is -0.0824 e. The smallest absolute Gasteiger partial charge is 0.0783 e. The Morgan fingerprint density at radius 2 is 1.18 bits per heavy atom. The van der Waals surface area contributed by atoms with E-state index in [0.717, 1.165) is 11.1 Å². The number of hydrogen-bond acceptors (Lipinski definition) is 0. The van der Waals surface area contributed by atoms with Gasteiger partial charge in [-0.1, -0.05) is 40.9 Å². The fourth-order valence-corrected chi connectivity index (χ4v) is 1.54. The number of aryl methyl sites for hydroxylation is 2. The van der Waals surface area contributed by atoms with Crippen LogP contribution < -0.4 is 0 Å². The van der Waals surface area contributed by atoms with Crippen molar-refractivity contribution in [3.05, 3.63) is 32.3 Å². The Morgan fingerprint density at radius 3 is 1.55 bits per heavy atom. The predicted molar refractivity (Wildman–Crippen MR) is 50.9 cm³/mol. The van der Waals surface area contributed by atoms with Crippen molar-refractivity contribution in [2.45, 2.75) is 13.8 Å². The van der Waals surface area contributed by atoms with E-state index in [4.69, 9.17) is 34.8 Å². The Hall–Kier alpha value is 0.0900. The molecule has 3 heteroatoms. The molecule has 1 aromatic carbocycles. The maximum atomic E-state index is 5.84. The molecule has 1 rings (SSSR count). The van der Waals surface area contributed by atoms with Crippen molar-refractivity contribution in [1.82, 2.24) is 0 Å². The molecule has 0 radical (unpaired) electrons. The van der Waals surface area contributed by atoms with Gasteiger partial charge in [-0.3, -0.25) is 0 Å². The molecule has 0 unspecified atom stereocenters. The minimum atomic E-state index is 0.450. The van der Waals surface area contributed by atoms with Gasteiger partial charge in [0.25, 0.3) is 0 Å². The van der Waals surface area contributed by atoms with Crippen LogP contribution in [0, 0.1) is 13.8 Å². The molecule has 0 aromatic heterocycles. The van der Waals surface area contributed by atoms with Crippen LogP contribution in [0.4, 0.5) is 0 Å². The second kappa shape index (κ2) is 3.22. The summed E-state index contributed by atoms with van der Waals surface area (Å²) in [5.74, 6) is 0. The molecule has 0 nitrogen and oxygen atoms in total. The van der Waals surface area contributed by atoms with E-state index >= 15 is 0 Å². The summed E-state index contributed by atoms with van der Waals surface area (Å²) in [5.41, 5.74) is 1.91. The van der Waals surface area contributed by atoms with Crippen molar-refractivity contribution < 1.29 is 0 Å². The topological polar surface area (TPSA) is 0 Å². The third-order valence-electron chi connectivity index (χ3n) is 1.51. The van der Waals surface area contributed by atoms with Crippen molar-refractivity contribution in [3.8, 4) is 0 Å². The normalized spacial score (nSPS) is 10.3. The minimum absolute atomic E-state index is 0.450. The number of benzene rings is 1. The fourth-order valence-electron chi connectivity index (χ4n) is 0.894. The van der Waals surface area contributed by atoms with E-state index in [1.807, 2.05) is 19.9 Å². The molecule has 0 saturated heterocycles. The highest BCUT2D eigenvalue weighted by atomic mass is 35.5. The zero-order chi connectivity index (χ0) is 8.59. The summed E-state index contributed by atoms with van der Waals surface area (Å²) in [6.07, 6.45) is 0. The third kappa shape index (κ3) is 1.64. The van der Waals surface area contributed by atoms with Gasteiger partial charge >= 0.3 is 0 Å². The summed E-state index contributed by atoms with van der Waals surface area (Å²) < 4.78 is 0. The first-order valence-electron chi connectivity index (χ1n) is 3.14. The summed E-state index contributed by atoms with van der Waals surface area (Å²) >= 11 is 17.5. The van der Waals surface area contributed by atoms with Crippen LogP contribution in [0.5, 0.6) is 0 Å². The summed E-state index contributed by atoms with van der Waals surface area (Å²) in [6.45, 7) is 3.80. The molecule has 0 N–H and O–H groups in total. The lowest BCUT2D eigenvalue weighted by atomic mass is 10.1. The number of halogens is 3. The van der Waals surface area contributed by atoms with E-state index in [9.17, 15) is 0 Å². The molecule has 1 aromatic rings. The average molecular weight is 210 g/mol. The van der Waals surface area contributed by atoms with Crippen molar-refractivity contribution in [2.75, 3.05) is 0 Å². The second-order valence-electron chi connectivity index (χ2n) is 2.45. The molecule has 0 aliphatic heterocycles. The van der Waals surface area contributed by atoms with Gasteiger partial charge in [-0.05, 0) is 25.0 Å². The van der Waals surface area contributed by atoms with Crippen LogP contribution in [0.1, 0.15) is 11.1 Å². The first-order valence-corrected chi connectivity index (χ1v) is 4.28. The van der Waals surface area contributed by atoms with Gasteiger partial charge in [0, 0.05) is 0 Å². The average Bonchev–Trinajstić information content (AvgIpc) is 1.97. The SMILES string of the molecule is Cc1cc(C)c(Cl)c(Cl)c1Cl. The largest absolute Gasteiger partial charge is 0.0824 e. The van der Waals surface area contributed by atoms with Crippen LogP contribution in [-0.4, -0.2) is 0 Å². The molecule has 0 atom stereocenters. The molecule has 0 aliphatic rings. The van der Waals surface area contributed by atoms with E-state index < -0.39 is 0 Å². The van der Waals surface area contributed by atoms with Gasteiger partial charge in [0.05, 0.1) is 15.1 Å². The summed E-state index contributed by atoms with van der Waals surface area (Å²) in [4.78, 5) is 0. The predicted octanol–water partition coefficient (Wildman–Crippen LogP) is 4.26. The van der Waals surface area contributed by atoms with Crippen LogP contribution >= 0.6 is 34.8 Å². The van der Waals surface area contributed by atoms with Crippen LogP contribution in [-0.2, 0) is 0 Å². The molecule has 0 fully saturated rings. The van der Waals surface area contributed by atoms with Gasteiger partial charge in [-0.25, -0.2) is 0 Å². The van der Waals surface area contributed by atoms with Crippen LogP contribution in [0.3, 0.4) is 0 Å². The maximum Gasteiger partial charge on any atom is 0.0783 e. The quantitative estimate of drug-likeness (QED) is 0.560. The zero-order valence-electron chi connectivity index (χ0n) is 6.21. The molecule has 11 heavy (non-hydrogen) atoms. The lowest BCUT2D eigenvalue weighted by Gasteiger charge is -2.05. The van der Waals surface area contributed by atoms with Gasteiger partial charge in [0.2, 0.25) is 0 Å². The Morgan fingerprint density at radius 1 is 0.818 bits per heavy atom. The third-order valence-corrected chi connectivity index (χ3v) is 3.06. The number of hydrogen-bond donors (Lipinski definition) is 0. The summed E-state index contributed by atoms with van der Waals surface area (Å²) in [7, 11) is 0. The van der Waals surface area contributed by atoms with E-state index in [1.165, 1.54) is 0 Å². The lowest BCUT2D eigenvalue weighted by Crippen LogP contribution is -1.82. The highest BCUT2D eigenvalue weighted by Gasteiger charge is 2.08. The van der Waals surface area contributed by atoms with Gasteiger partial charge in [-0.2, -0.15) is 0 Å². The summed E-state index contributed by atoms with van der Waals surface area (Å²) in [5, 5.41) is 1.54. The molecular weight excluding hydrogens is 202 g/mol. The molecule has 0 aliphatic carbocycles. The van der Waals surface area contributed by atoms with E-state index in [-0.39, 0.29) is 0 Å². The Labute approximate surface area is 81.1 Å². The van der Waals surface area contributed by atoms with Gasteiger partial charge in [-0.15, -0.1) is 0 Å². The maximum absolute atomic E-state index is 5.84. The second-order valence-corrected chi connectivity index (χ2v) is 3.59. The van der Waals surface area contributed by atoms with E-state index in [0.29, 0.717) is 15.1 Å². The van der Waals surface area contributed by atoms with Gasteiger partial charge in [0.1, 0.15) is 0 Å².